The second-order valence-corrected chi connectivity index (χ2v) is 11.3. The second kappa shape index (κ2) is 9.21. The Morgan fingerprint density at radius 2 is 1.79 bits per heavy atom. The minimum absolute atomic E-state index is 0.0105. The number of halogens is 2. The van der Waals surface area contributed by atoms with Crippen LogP contribution in [-0.2, 0) is 5.41 Å². The Balaban J connectivity index is 2.09. The summed E-state index contributed by atoms with van der Waals surface area (Å²) in [5.41, 5.74) is 3.16. The Bertz CT molecular complexity index is 1170. The lowest BCUT2D eigenvalue weighted by Gasteiger charge is -2.35. The van der Waals surface area contributed by atoms with Crippen molar-refractivity contribution < 1.29 is 13.6 Å². The standard InChI is InChI=1S/C28H35ClFNO2/c1-9-12-28(7,8)17(3)16(2)25(32)24-15-23-26(33-24)19(27(4,5)6)14-22(31-23)18-10-11-20(29)21(30)13-18/h10-11,13-17H,9,12H2,1-8H3. The molecule has 3 aromatic rings. The number of Topliss-reactive ketones (excluding diaryl/α,β-unsaturated/α-hetero) is 1. The number of furan rings is 1. The number of benzene rings is 1. The minimum atomic E-state index is -0.492. The Labute approximate surface area is 201 Å². The van der Waals surface area contributed by atoms with E-state index in [0.717, 1.165) is 18.4 Å². The lowest BCUT2D eigenvalue weighted by atomic mass is 9.69. The summed E-state index contributed by atoms with van der Waals surface area (Å²) in [6, 6.07) is 8.31. The van der Waals surface area contributed by atoms with Gasteiger partial charge in [-0.3, -0.25) is 4.79 Å². The fourth-order valence-electron chi connectivity index (χ4n) is 4.50. The Morgan fingerprint density at radius 3 is 2.36 bits per heavy atom. The van der Waals surface area contributed by atoms with E-state index in [9.17, 15) is 9.18 Å². The van der Waals surface area contributed by atoms with Gasteiger partial charge in [-0.25, -0.2) is 9.37 Å². The van der Waals surface area contributed by atoms with E-state index >= 15 is 0 Å². The van der Waals surface area contributed by atoms with Gasteiger partial charge in [0.2, 0.25) is 5.78 Å². The molecule has 0 fully saturated rings. The maximum Gasteiger partial charge on any atom is 0.201 e. The summed E-state index contributed by atoms with van der Waals surface area (Å²) in [5, 5.41) is 0.0705. The molecular weight excluding hydrogens is 437 g/mol. The number of ketones is 1. The lowest BCUT2D eigenvalue weighted by Crippen LogP contribution is -2.31. The van der Waals surface area contributed by atoms with E-state index in [1.165, 1.54) is 12.1 Å². The molecule has 0 bridgehead atoms. The molecule has 0 radical (unpaired) electrons. The van der Waals surface area contributed by atoms with Crippen molar-refractivity contribution in [2.24, 2.45) is 17.3 Å². The Morgan fingerprint density at radius 1 is 1.12 bits per heavy atom. The molecule has 0 spiro atoms. The van der Waals surface area contributed by atoms with Crippen LogP contribution in [0.3, 0.4) is 0 Å². The predicted octanol–water partition coefficient (Wildman–Crippen LogP) is 8.87. The summed E-state index contributed by atoms with van der Waals surface area (Å²) in [6.07, 6.45) is 2.14. The molecule has 2 atom stereocenters. The molecule has 2 heterocycles. The van der Waals surface area contributed by atoms with Crippen LogP contribution in [0.5, 0.6) is 0 Å². The molecule has 178 valence electrons. The van der Waals surface area contributed by atoms with Crippen molar-refractivity contribution in [2.45, 2.75) is 73.6 Å². The van der Waals surface area contributed by atoms with Crippen molar-refractivity contribution in [3.63, 3.8) is 0 Å². The summed E-state index contributed by atoms with van der Waals surface area (Å²) >= 11 is 5.86. The van der Waals surface area contributed by atoms with E-state index in [1.54, 1.807) is 12.1 Å². The van der Waals surface area contributed by atoms with E-state index in [0.29, 0.717) is 28.1 Å². The highest BCUT2D eigenvalue weighted by Gasteiger charge is 2.35. The van der Waals surface area contributed by atoms with Crippen molar-refractivity contribution in [3.05, 3.63) is 52.5 Å². The molecular formula is C28H35ClFNO2. The average molecular weight is 472 g/mol. The van der Waals surface area contributed by atoms with Gasteiger partial charge >= 0.3 is 0 Å². The first-order valence-corrected chi connectivity index (χ1v) is 12.1. The molecule has 0 saturated carbocycles. The molecule has 5 heteroatoms. The molecule has 3 nitrogen and oxygen atoms in total. The van der Waals surface area contributed by atoms with E-state index in [4.69, 9.17) is 21.0 Å². The molecule has 2 unspecified atom stereocenters. The number of carbonyl (C=O) groups excluding carboxylic acids is 1. The van der Waals surface area contributed by atoms with Crippen molar-refractivity contribution >= 4 is 28.5 Å². The van der Waals surface area contributed by atoms with E-state index < -0.39 is 5.82 Å². The maximum atomic E-state index is 14.1. The van der Waals surface area contributed by atoms with Crippen molar-refractivity contribution in [1.29, 1.82) is 0 Å². The summed E-state index contributed by atoms with van der Waals surface area (Å²) in [7, 11) is 0. The quantitative estimate of drug-likeness (QED) is 0.323. The number of rotatable bonds is 7. The van der Waals surface area contributed by atoms with Crippen LogP contribution in [0.4, 0.5) is 4.39 Å². The molecule has 0 N–H and O–H groups in total. The molecule has 0 aliphatic rings. The molecule has 3 rings (SSSR count). The molecule has 0 saturated heterocycles. The summed E-state index contributed by atoms with van der Waals surface area (Å²) < 4.78 is 20.3. The van der Waals surface area contributed by atoms with E-state index in [2.05, 4.69) is 48.5 Å². The second-order valence-electron chi connectivity index (χ2n) is 10.9. The van der Waals surface area contributed by atoms with Crippen molar-refractivity contribution in [3.8, 4) is 11.3 Å². The van der Waals surface area contributed by atoms with Crippen LogP contribution < -0.4 is 0 Å². The zero-order valence-electron chi connectivity index (χ0n) is 21.0. The molecule has 2 aromatic heterocycles. The highest BCUT2D eigenvalue weighted by molar-refractivity contribution is 6.30. The third-order valence-corrected chi connectivity index (χ3v) is 7.34. The summed E-state index contributed by atoms with van der Waals surface area (Å²) in [4.78, 5) is 18.1. The number of pyridine rings is 1. The topological polar surface area (TPSA) is 43.1 Å². The predicted molar refractivity (Wildman–Crippen MR) is 134 cm³/mol. The van der Waals surface area contributed by atoms with E-state index in [1.807, 2.05) is 13.0 Å². The van der Waals surface area contributed by atoms with Gasteiger partial charge in [0.1, 0.15) is 11.3 Å². The summed E-state index contributed by atoms with van der Waals surface area (Å²) in [5.74, 6) is -0.164. The van der Waals surface area contributed by atoms with Gasteiger partial charge in [-0.05, 0) is 41.4 Å². The van der Waals surface area contributed by atoms with Gasteiger partial charge in [0.05, 0.1) is 10.7 Å². The van der Waals surface area contributed by atoms with Gasteiger partial charge < -0.3 is 4.42 Å². The number of carbonyl (C=O) groups is 1. The molecule has 1 aromatic carbocycles. The normalized spacial score (nSPS) is 14.5. The fourth-order valence-corrected chi connectivity index (χ4v) is 4.62. The van der Waals surface area contributed by atoms with Crippen molar-refractivity contribution in [1.82, 2.24) is 4.98 Å². The van der Waals surface area contributed by atoms with Crippen LogP contribution in [0.15, 0.2) is 34.7 Å². The Kier molecular flexibility index (Phi) is 7.10. The van der Waals surface area contributed by atoms with Gasteiger partial charge in [-0.15, -0.1) is 0 Å². The van der Waals surface area contributed by atoms with Crippen LogP contribution >= 0.6 is 11.6 Å². The average Bonchev–Trinajstić information content (AvgIpc) is 3.16. The molecule has 0 aliphatic carbocycles. The van der Waals surface area contributed by atoms with Crippen molar-refractivity contribution in [2.75, 3.05) is 0 Å². The third kappa shape index (κ3) is 5.16. The summed E-state index contributed by atoms with van der Waals surface area (Å²) in [6.45, 7) is 17.0. The molecule has 33 heavy (non-hydrogen) atoms. The maximum absolute atomic E-state index is 14.1. The largest absolute Gasteiger partial charge is 0.451 e. The lowest BCUT2D eigenvalue weighted by molar-refractivity contribution is 0.0754. The number of hydrogen-bond donors (Lipinski definition) is 0. The third-order valence-electron chi connectivity index (χ3n) is 7.04. The SMILES string of the molecule is CCCC(C)(C)C(C)C(C)C(=O)c1cc2nc(-c3ccc(Cl)c(F)c3)cc(C(C)(C)C)c2o1. The van der Waals surface area contributed by atoms with Crippen LogP contribution in [0.25, 0.3) is 22.4 Å². The van der Waals surface area contributed by atoms with E-state index in [-0.39, 0.29) is 33.5 Å². The van der Waals surface area contributed by atoms with Gasteiger partial charge in [-0.2, -0.15) is 0 Å². The zero-order valence-corrected chi connectivity index (χ0v) is 21.7. The first kappa shape index (κ1) is 25.4. The first-order valence-electron chi connectivity index (χ1n) is 11.7. The molecule has 0 aliphatic heterocycles. The number of hydrogen-bond acceptors (Lipinski definition) is 3. The smallest absolute Gasteiger partial charge is 0.201 e. The van der Waals surface area contributed by atoms with Crippen LogP contribution in [0.1, 0.15) is 84.3 Å². The minimum Gasteiger partial charge on any atom is -0.451 e. The Hall–Kier alpha value is -2.20. The van der Waals surface area contributed by atoms with Gasteiger partial charge in [0, 0.05) is 23.1 Å². The highest BCUT2D eigenvalue weighted by atomic mass is 35.5. The zero-order chi connectivity index (χ0) is 24.7. The fraction of sp³-hybridized carbons (Fsp3) is 0.500. The van der Waals surface area contributed by atoms with Crippen LogP contribution in [0, 0.1) is 23.1 Å². The number of fused-ring (bicyclic) bond motifs is 1. The monoisotopic (exact) mass is 471 g/mol. The number of nitrogens with zero attached hydrogens (tertiary/aromatic N) is 1. The first-order chi connectivity index (χ1) is 15.3. The highest BCUT2D eigenvalue weighted by Crippen LogP contribution is 2.39. The molecule has 0 amide bonds. The number of aromatic nitrogens is 1. The van der Waals surface area contributed by atoms with Gasteiger partial charge in [0.15, 0.2) is 11.3 Å². The van der Waals surface area contributed by atoms with Gasteiger partial charge in [0.25, 0.3) is 0 Å². The van der Waals surface area contributed by atoms with Crippen LogP contribution in [0.2, 0.25) is 5.02 Å². The van der Waals surface area contributed by atoms with Gasteiger partial charge in [-0.1, -0.05) is 79.5 Å². The van der Waals surface area contributed by atoms with Crippen LogP contribution in [-0.4, -0.2) is 10.8 Å².